The van der Waals surface area contributed by atoms with Gasteiger partial charge in [-0.25, -0.2) is 4.79 Å². The van der Waals surface area contributed by atoms with Gasteiger partial charge in [0, 0.05) is 32.3 Å². The van der Waals surface area contributed by atoms with E-state index in [-0.39, 0.29) is 29.7 Å². The number of esters is 1. The smallest absolute Gasteiger partial charge is 0.352 e. The molecule has 0 spiro atoms. The topological polar surface area (TPSA) is 116 Å². The van der Waals surface area contributed by atoms with Crippen molar-refractivity contribution >= 4 is 63.8 Å². The van der Waals surface area contributed by atoms with Crippen molar-refractivity contribution in [3.8, 4) is 0 Å². The van der Waals surface area contributed by atoms with Crippen molar-refractivity contribution < 1.29 is 29.0 Å². The summed E-state index contributed by atoms with van der Waals surface area (Å²) in [5, 5.41) is 11.6. The largest absolute Gasteiger partial charge is 0.477 e. The van der Waals surface area contributed by atoms with E-state index in [0.717, 1.165) is 4.90 Å². The van der Waals surface area contributed by atoms with Gasteiger partial charge in [0.05, 0.1) is 5.75 Å². The number of thiocarbonyl (C=S) groups is 1. The molecule has 12 heteroatoms. The first-order chi connectivity index (χ1) is 12.6. The number of nitrogens with one attached hydrogen (secondary N) is 1. The number of nitrogens with zero attached hydrogens (tertiary/aromatic N) is 2. The second-order valence-corrected chi connectivity index (χ2v) is 8.66. The molecule has 148 valence electrons. The molecule has 2 atom stereocenters. The number of carboxylic acid groups (broad SMARTS) is 1. The van der Waals surface area contributed by atoms with Crippen LogP contribution in [0.3, 0.4) is 0 Å². The lowest BCUT2D eigenvalue weighted by molar-refractivity contribution is -0.150. The van der Waals surface area contributed by atoms with Crippen LogP contribution < -0.4 is 5.32 Å². The molecule has 2 heterocycles. The monoisotopic (exact) mass is 433 g/mol. The Labute approximate surface area is 169 Å². The van der Waals surface area contributed by atoms with Crippen molar-refractivity contribution in [2.45, 2.75) is 18.3 Å². The van der Waals surface area contributed by atoms with Crippen LogP contribution in [0.5, 0.6) is 0 Å². The molecular weight excluding hydrogens is 414 g/mol. The predicted octanol–water partition coefficient (Wildman–Crippen LogP) is -0.132. The van der Waals surface area contributed by atoms with Crippen molar-refractivity contribution in [3.05, 3.63) is 11.3 Å². The second kappa shape index (κ2) is 8.93. The minimum atomic E-state index is -1.27. The van der Waals surface area contributed by atoms with Crippen LogP contribution in [0.25, 0.3) is 0 Å². The number of β-lactam (4-membered cyclic amide) rings is 1. The molecule has 0 saturated carbocycles. The maximum Gasteiger partial charge on any atom is 0.352 e. The number of rotatable bonds is 6. The van der Waals surface area contributed by atoms with E-state index in [0.29, 0.717) is 9.89 Å². The van der Waals surface area contributed by atoms with Crippen LogP contribution in [-0.2, 0) is 23.9 Å². The summed E-state index contributed by atoms with van der Waals surface area (Å²) in [6, 6.07) is -0.791. The van der Waals surface area contributed by atoms with E-state index in [4.69, 9.17) is 17.0 Å². The summed E-state index contributed by atoms with van der Waals surface area (Å²) < 4.78 is 5.42. The van der Waals surface area contributed by atoms with Crippen molar-refractivity contribution in [2.75, 3.05) is 32.2 Å². The summed E-state index contributed by atoms with van der Waals surface area (Å²) in [4.78, 5) is 49.9. The minimum Gasteiger partial charge on any atom is -0.477 e. The number of carbonyl (C=O) groups excluding carboxylic acids is 3. The van der Waals surface area contributed by atoms with Gasteiger partial charge >= 0.3 is 11.9 Å². The van der Waals surface area contributed by atoms with Gasteiger partial charge in [-0.1, -0.05) is 24.0 Å². The maximum atomic E-state index is 12.4. The molecule has 1 saturated heterocycles. The quantitative estimate of drug-likeness (QED) is 0.333. The van der Waals surface area contributed by atoms with E-state index in [2.05, 4.69) is 5.32 Å². The van der Waals surface area contributed by atoms with E-state index in [1.165, 1.54) is 30.4 Å². The van der Waals surface area contributed by atoms with Gasteiger partial charge in [0.25, 0.3) is 5.91 Å². The van der Waals surface area contributed by atoms with Crippen LogP contribution in [0.4, 0.5) is 0 Å². The Balaban J connectivity index is 2.02. The molecule has 0 aromatic carbocycles. The number of ether oxygens (including phenoxy) is 1. The molecule has 0 radical (unpaired) electrons. The van der Waals surface area contributed by atoms with Crippen molar-refractivity contribution in [2.24, 2.45) is 0 Å². The van der Waals surface area contributed by atoms with Crippen LogP contribution in [-0.4, -0.2) is 86.6 Å². The molecular formula is C15H19N3O6S3. The lowest BCUT2D eigenvalue weighted by Gasteiger charge is -2.49. The van der Waals surface area contributed by atoms with Gasteiger partial charge < -0.3 is 20.1 Å². The number of fused-ring (bicyclic) bond motifs is 1. The third-order valence-electron chi connectivity index (χ3n) is 3.71. The van der Waals surface area contributed by atoms with Crippen LogP contribution >= 0.6 is 35.7 Å². The van der Waals surface area contributed by atoms with Gasteiger partial charge in [0.1, 0.15) is 28.0 Å². The summed E-state index contributed by atoms with van der Waals surface area (Å²) >= 11 is 7.58. The molecule has 2 rings (SSSR count). The Kier molecular flexibility index (Phi) is 7.12. The summed E-state index contributed by atoms with van der Waals surface area (Å²) in [5.74, 6) is -2.31. The molecule has 9 nitrogen and oxygen atoms in total. The Morgan fingerprint density at radius 2 is 2.11 bits per heavy atom. The standard InChI is InChI=1S/C15H19N3O6S3/c1-7(19)24-4-8-5-26-13-10(12(21)18(13)11(8)14(22)23)16-9(20)6-27-15(25)17(2)3/h10,13H,4-6H2,1-3H3,(H,16,20)(H,22,23). The highest BCUT2D eigenvalue weighted by Gasteiger charge is 2.54. The number of carbonyl (C=O) groups is 4. The molecule has 0 aromatic heterocycles. The summed E-state index contributed by atoms with van der Waals surface area (Å²) in [5.41, 5.74) is 0.169. The van der Waals surface area contributed by atoms with E-state index >= 15 is 0 Å². The number of aliphatic carboxylic acids is 1. The summed E-state index contributed by atoms with van der Waals surface area (Å²) in [6.45, 7) is 1.04. The van der Waals surface area contributed by atoms with Gasteiger partial charge in [-0.15, -0.1) is 11.8 Å². The van der Waals surface area contributed by atoms with E-state index in [1.807, 2.05) is 0 Å². The van der Waals surface area contributed by atoms with Gasteiger partial charge in [0.15, 0.2) is 0 Å². The first-order valence-electron chi connectivity index (χ1n) is 7.80. The Morgan fingerprint density at radius 1 is 1.44 bits per heavy atom. The number of hydrogen-bond acceptors (Lipinski definition) is 8. The van der Waals surface area contributed by atoms with Crippen LogP contribution in [0.2, 0.25) is 0 Å². The zero-order valence-corrected chi connectivity index (χ0v) is 17.3. The van der Waals surface area contributed by atoms with Crippen LogP contribution in [0, 0.1) is 0 Å². The molecule has 2 aliphatic rings. The fraction of sp³-hybridized carbons (Fsp3) is 0.533. The van der Waals surface area contributed by atoms with Gasteiger partial charge in [0.2, 0.25) is 5.91 Å². The van der Waals surface area contributed by atoms with Gasteiger partial charge in [-0.05, 0) is 0 Å². The SMILES string of the molecule is CC(=O)OCC1=C(C(=O)O)N2C(=O)C(NC(=O)CSC(=S)N(C)C)C2SC1. The minimum absolute atomic E-state index is 0.0670. The third-order valence-corrected chi connectivity index (χ3v) is 6.78. The average molecular weight is 434 g/mol. The Hall–Kier alpha value is -1.79. The highest BCUT2D eigenvalue weighted by Crippen LogP contribution is 2.40. The Bertz CT molecular complexity index is 724. The number of hydrogen-bond donors (Lipinski definition) is 2. The van der Waals surface area contributed by atoms with Gasteiger partial charge in [-0.2, -0.15) is 0 Å². The average Bonchev–Trinajstić information content (AvgIpc) is 2.60. The van der Waals surface area contributed by atoms with Crippen molar-refractivity contribution in [1.29, 1.82) is 0 Å². The lowest BCUT2D eigenvalue weighted by Crippen LogP contribution is -2.70. The van der Waals surface area contributed by atoms with Gasteiger partial charge in [-0.3, -0.25) is 19.3 Å². The van der Waals surface area contributed by atoms with E-state index in [1.54, 1.807) is 19.0 Å². The number of thioether (sulfide) groups is 2. The normalized spacial score (nSPS) is 21.1. The molecule has 1 fully saturated rings. The highest BCUT2D eigenvalue weighted by molar-refractivity contribution is 8.23. The zero-order valence-electron chi connectivity index (χ0n) is 14.9. The molecule has 0 aliphatic carbocycles. The lowest BCUT2D eigenvalue weighted by atomic mass is 10.0. The molecule has 2 unspecified atom stereocenters. The summed E-state index contributed by atoms with van der Waals surface area (Å²) in [7, 11) is 3.54. The zero-order chi connectivity index (χ0) is 20.3. The molecule has 2 N–H and O–H groups in total. The molecule has 0 aromatic rings. The predicted molar refractivity (Wildman–Crippen MR) is 105 cm³/mol. The van der Waals surface area contributed by atoms with Crippen LogP contribution in [0.15, 0.2) is 11.3 Å². The van der Waals surface area contributed by atoms with Crippen molar-refractivity contribution in [3.63, 3.8) is 0 Å². The molecule has 2 amide bonds. The third kappa shape index (κ3) is 4.93. The fourth-order valence-corrected chi connectivity index (χ4v) is 4.55. The van der Waals surface area contributed by atoms with Crippen molar-refractivity contribution in [1.82, 2.24) is 15.1 Å². The highest BCUT2D eigenvalue weighted by atomic mass is 32.2. The van der Waals surface area contributed by atoms with Crippen LogP contribution in [0.1, 0.15) is 6.92 Å². The molecule has 0 bridgehead atoms. The Morgan fingerprint density at radius 3 is 2.67 bits per heavy atom. The summed E-state index contributed by atoms with van der Waals surface area (Å²) in [6.07, 6.45) is 0. The van der Waals surface area contributed by atoms with E-state index in [9.17, 15) is 24.3 Å². The first kappa shape index (κ1) is 21.5. The number of carboxylic acids is 1. The maximum absolute atomic E-state index is 12.4. The van der Waals surface area contributed by atoms with E-state index < -0.39 is 29.3 Å². The molecule has 27 heavy (non-hydrogen) atoms. The molecule has 2 aliphatic heterocycles. The first-order valence-corrected chi connectivity index (χ1v) is 10.2. The second-order valence-electron chi connectivity index (χ2n) is 5.94. The number of amides is 2. The fourth-order valence-electron chi connectivity index (χ4n) is 2.45.